The van der Waals surface area contributed by atoms with Crippen molar-refractivity contribution in [2.24, 2.45) is 0 Å². The van der Waals surface area contributed by atoms with E-state index in [9.17, 15) is 4.79 Å². The average molecular weight is 341 g/mol. The van der Waals surface area contributed by atoms with Crippen molar-refractivity contribution < 1.29 is 4.79 Å². The number of rotatable bonds is 2. The van der Waals surface area contributed by atoms with Crippen LogP contribution in [0.3, 0.4) is 0 Å². The van der Waals surface area contributed by atoms with Gasteiger partial charge >= 0.3 is 0 Å². The molecular formula is C13H11BrClN3O. The van der Waals surface area contributed by atoms with E-state index in [4.69, 9.17) is 11.6 Å². The molecule has 0 unspecified atom stereocenters. The number of pyridine rings is 2. The van der Waals surface area contributed by atoms with Gasteiger partial charge in [0, 0.05) is 22.1 Å². The molecule has 2 rings (SSSR count). The summed E-state index contributed by atoms with van der Waals surface area (Å²) < 4.78 is 0.859. The van der Waals surface area contributed by atoms with Crippen LogP contribution in [0.25, 0.3) is 0 Å². The summed E-state index contributed by atoms with van der Waals surface area (Å²) in [5, 5.41) is 3.07. The smallest absolute Gasteiger partial charge is 0.274 e. The first kappa shape index (κ1) is 14.0. The Bertz CT molecular complexity index is 646. The largest absolute Gasteiger partial charge is 0.320 e. The third kappa shape index (κ3) is 3.30. The molecule has 6 heteroatoms. The molecule has 0 saturated carbocycles. The molecule has 19 heavy (non-hydrogen) atoms. The van der Waals surface area contributed by atoms with Crippen LogP contribution < -0.4 is 5.32 Å². The molecule has 2 aromatic rings. The lowest BCUT2D eigenvalue weighted by Gasteiger charge is -2.09. The van der Waals surface area contributed by atoms with Gasteiger partial charge in [-0.25, -0.2) is 9.97 Å². The zero-order valence-electron chi connectivity index (χ0n) is 10.4. The number of hydrogen-bond donors (Lipinski definition) is 1. The first-order chi connectivity index (χ1) is 8.97. The first-order valence-electron chi connectivity index (χ1n) is 5.54. The minimum Gasteiger partial charge on any atom is -0.320 e. The van der Waals surface area contributed by atoms with Gasteiger partial charge in [-0.05, 0) is 37.6 Å². The van der Waals surface area contributed by atoms with E-state index in [0.717, 1.165) is 15.7 Å². The van der Waals surface area contributed by atoms with E-state index in [1.807, 2.05) is 19.9 Å². The third-order valence-electron chi connectivity index (χ3n) is 2.54. The summed E-state index contributed by atoms with van der Waals surface area (Å²) in [6, 6.07) is 5.12. The van der Waals surface area contributed by atoms with E-state index in [-0.39, 0.29) is 5.91 Å². The number of nitrogens with zero attached hydrogens (tertiary/aromatic N) is 2. The van der Waals surface area contributed by atoms with Crippen LogP contribution in [0.5, 0.6) is 0 Å². The molecule has 0 aliphatic rings. The molecule has 98 valence electrons. The molecule has 0 radical (unpaired) electrons. The molecule has 2 heterocycles. The van der Waals surface area contributed by atoms with Crippen molar-refractivity contribution in [2.45, 2.75) is 13.8 Å². The molecule has 2 aromatic heterocycles. The fraction of sp³-hybridized carbons (Fsp3) is 0.154. The van der Waals surface area contributed by atoms with Crippen molar-refractivity contribution in [2.75, 3.05) is 5.32 Å². The predicted molar refractivity (Wildman–Crippen MR) is 78.6 cm³/mol. The Kier molecular flexibility index (Phi) is 4.17. The second-order valence-corrected chi connectivity index (χ2v) is 5.28. The van der Waals surface area contributed by atoms with E-state index >= 15 is 0 Å². The van der Waals surface area contributed by atoms with Crippen LogP contribution >= 0.6 is 27.5 Å². The van der Waals surface area contributed by atoms with Crippen LogP contribution in [0, 0.1) is 13.8 Å². The highest BCUT2D eigenvalue weighted by atomic mass is 79.9. The Hall–Kier alpha value is -1.46. The van der Waals surface area contributed by atoms with Gasteiger partial charge in [-0.15, -0.1) is 0 Å². The van der Waals surface area contributed by atoms with Crippen molar-refractivity contribution in [1.82, 2.24) is 9.97 Å². The van der Waals surface area contributed by atoms with Crippen LogP contribution in [0.1, 0.15) is 21.7 Å². The highest BCUT2D eigenvalue weighted by Crippen LogP contribution is 2.21. The summed E-state index contributed by atoms with van der Waals surface area (Å²) in [6.07, 6.45) is 1.53. The third-order valence-corrected chi connectivity index (χ3v) is 3.57. The molecule has 0 atom stereocenters. The summed E-state index contributed by atoms with van der Waals surface area (Å²) in [7, 11) is 0. The van der Waals surface area contributed by atoms with Gasteiger partial charge in [0.25, 0.3) is 5.91 Å². The fourth-order valence-electron chi connectivity index (χ4n) is 1.59. The van der Waals surface area contributed by atoms with Crippen LogP contribution in [0.2, 0.25) is 5.15 Å². The average Bonchev–Trinajstić information content (AvgIpc) is 2.33. The van der Waals surface area contributed by atoms with Gasteiger partial charge in [-0.2, -0.15) is 0 Å². The summed E-state index contributed by atoms with van der Waals surface area (Å²) in [4.78, 5) is 20.3. The van der Waals surface area contributed by atoms with Gasteiger partial charge in [0.2, 0.25) is 0 Å². The molecule has 1 amide bonds. The molecule has 0 aliphatic heterocycles. The zero-order valence-corrected chi connectivity index (χ0v) is 12.7. The Morgan fingerprint density at radius 3 is 2.79 bits per heavy atom. The highest BCUT2D eigenvalue weighted by molar-refractivity contribution is 9.10. The number of aromatic nitrogens is 2. The topological polar surface area (TPSA) is 54.9 Å². The minimum absolute atomic E-state index is 0.274. The number of carbonyl (C=O) groups excluding carboxylic acids is 1. The number of aryl methyl sites for hydroxylation is 1. The van der Waals surface area contributed by atoms with Crippen molar-refractivity contribution in [3.05, 3.63) is 51.0 Å². The van der Waals surface area contributed by atoms with Crippen LogP contribution in [0.4, 0.5) is 5.69 Å². The predicted octanol–water partition coefficient (Wildman–Crippen LogP) is 3.76. The monoisotopic (exact) mass is 339 g/mol. The van der Waals surface area contributed by atoms with E-state index in [1.54, 1.807) is 12.1 Å². The molecule has 0 fully saturated rings. The molecule has 0 spiro atoms. The molecule has 0 aromatic carbocycles. The van der Waals surface area contributed by atoms with Crippen LogP contribution in [0.15, 0.2) is 28.9 Å². The zero-order chi connectivity index (χ0) is 14.0. The number of anilines is 1. The lowest BCUT2D eigenvalue weighted by atomic mass is 10.2. The molecule has 0 aliphatic carbocycles. The summed E-state index contributed by atoms with van der Waals surface area (Å²) in [5.74, 6) is -0.274. The molecule has 4 nitrogen and oxygen atoms in total. The van der Waals surface area contributed by atoms with Gasteiger partial charge in [0.1, 0.15) is 10.8 Å². The SMILES string of the molecule is Cc1cc(Br)c(C)c(C(=O)Nc2ccnc(Cl)c2)n1. The van der Waals surface area contributed by atoms with E-state index in [1.165, 1.54) is 6.20 Å². The maximum Gasteiger partial charge on any atom is 0.274 e. The number of hydrogen-bond acceptors (Lipinski definition) is 3. The molecular weight excluding hydrogens is 330 g/mol. The summed E-state index contributed by atoms with van der Waals surface area (Å²) in [5.41, 5.74) is 2.54. The first-order valence-corrected chi connectivity index (χ1v) is 6.71. The maximum absolute atomic E-state index is 12.2. The van der Waals surface area contributed by atoms with E-state index < -0.39 is 0 Å². The quantitative estimate of drug-likeness (QED) is 0.847. The Morgan fingerprint density at radius 2 is 2.11 bits per heavy atom. The second kappa shape index (κ2) is 5.67. The maximum atomic E-state index is 12.2. The Balaban J connectivity index is 2.30. The minimum atomic E-state index is -0.274. The number of nitrogens with one attached hydrogen (secondary N) is 1. The lowest BCUT2D eigenvalue weighted by Crippen LogP contribution is -2.16. The van der Waals surface area contributed by atoms with Gasteiger partial charge in [0.15, 0.2) is 0 Å². The number of amides is 1. The van der Waals surface area contributed by atoms with Crippen molar-refractivity contribution >= 4 is 39.1 Å². The Morgan fingerprint density at radius 1 is 1.37 bits per heavy atom. The van der Waals surface area contributed by atoms with E-state index in [0.29, 0.717) is 16.5 Å². The standard InChI is InChI=1S/C13H11BrClN3O/c1-7-5-10(14)8(2)12(17-7)13(19)18-9-3-4-16-11(15)6-9/h3-6H,1-2H3,(H,16,18,19). The summed E-state index contributed by atoms with van der Waals surface area (Å²) >= 11 is 9.18. The van der Waals surface area contributed by atoms with Gasteiger partial charge in [-0.1, -0.05) is 27.5 Å². The van der Waals surface area contributed by atoms with Gasteiger partial charge < -0.3 is 5.32 Å². The summed E-state index contributed by atoms with van der Waals surface area (Å²) in [6.45, 7) is 3.68. The normalized spacial score (nSPS) is 10.3. The molecule has 0 saturated heterocycles. The van der Waals surface area contributed by atoms with Crippen molar-refractivity contribution in [3.8, 4) is 0 Å². The molecule has 0 bridgehead atoms. The highest BCUT2D eigenvalue weighted by Gasteiger charge is 2.14. The van der Waals surface area contributed by atoms with Crippen molar-refractivity contribution in [3.63, 3.8) is 0 Å². The second-order valence-electron chi connectivity index (χ2n) is 4.04. The van der Waals surface area contributed by atoms with Crippen LogP contribution in [-0.2, 0) is 0 Å². The van der Waals surface area contributed by atoms with Crippen LogP contribution in [-0.4, -0.2) is 15.9 Å². The molecule has 1 N–H and O–H groups in total. The van der Waals surface area contributed by atoms with E-state index in [2.05, 4.69) is 31.2 Å². The van der Waals surface area contributed by atoms with Gasteiger partial charge in [-0.3, -0.25) is 4.79 Å². The van der Waals surface area contributed by atoms with Crippen molar-refractivity contribution in [1.29, 1.82) is 0 Å². The number of carbonyl (C=O) groups is 1. The number of halogens is 2. The fourth-order valence-corrected chi connectivity index (χ4v) is 2.28. The Labute approximate surface area is 124 Å². The lowest BCUT2D eigenvalue weighted by molar-refractivity contribution is 0.102. The van der Waals surface area contributed by atoms with Gasteiger partial charge in [0.05, 0.1) is 0 Å².